The average Bonchev–Trinajstić information content (AvgIpc) is 2.48. The van der Waals surface area contributed by atoms with Gasteiger partial charge < -0.3 is 0 Å². The zero-order chi connectivity index (χ0) is 21.3. The number of halogens is 16. The molecule has 0 aromatic heterocycles. The maximum atomic E-state index is 13.9. The van der Waals surface area contributed by atoms with E-state index in [1.807, 2.05) is 0 Å². The molecule has 0 aliphatic heterocycles. The molecule has 1 rings (SSSR count). The first-order valence-electron chi connectivity index (χ1n) is 5.91. The lowest BCUT2D eigenvalue weighted by Crippen LogP contribution is -2.92. The van der Waals surface area contributed by atoms with E-state index in [-0.39, 0.29) is 0 Å². The van der Waals surface area contributed by atoms with Crippen LogP contribution in [0.2, 0.25) is 0 Å². The van der Waals surface area contributed by atoms with Gasteiger partial charge in [0, 0.05) is 0 Å². The molecule has 0 radical (unpaired) electrons. The Balaban J connectivity index is 4.24. The highest BCUT2D eigenvalue weighted by Crippen LogP contribution is 2.72. The van der Waals surface area contributed by atoms with E-state index < -0.39 is 60.2 Å². The minimum atomic E-state index is -7.81. The third kappa shape index (κ3) is 1.85. The second-order valence-electron chi connectivity index (χ2n) is 5.20. The highest BCUT2D eigenvalue weighted by Gasteiger charge is 3.04. The minimum absolute atomic E-state index is 6.10. The molecular weight excluding hydrogens is 424 g/mol. The lowest BCUT2D eigenvalue weighted by molar-refractivity contribution is -0.463. The van der Waals surface area contributed by atoms with Gasteiger partial charge in [-0.25, -0.2) is 52.7 Å². The van der Waals surface area contributed by atoms with E-state index in [1.165, 1.54) is 0 Å². The van der Waals surface area contributed by atoms with Crippen molar-refractivity contribution in [3.05, 3.63) is 0 Å². The zero-order valence-corrected chi connectivity index (χ0v) is 11.4. The van der Waals surface area contributed by atoms with Gasteiger partial charge >= 0.3 is 11.8 Å². The molecule has 0 nitrogen and oxygen atoms in total. The first-order chi connectivity index (χ1) is 11.3. The molecule has 1 fully saturated rings. The third-order valence-corrected chi connectivity index (χ3v) is 4.09. The Morgan fingerprint density at radius 3 is 0.500 bits per heavy atom. The molecule has 0 amide bonds. The van der Waals surface area contributed by atoms with Crippen LogP contribution in [0.1, 0.15) is 0 Å². The summed E-state index contributed by atoms with van der Waals surface area (Å²) in [7, 11) is 0. The van der Waals surface area contributed by atoms with Crippen molar-refractivity contribution in [2.75, 3.05) is 0 Å². The molecule has 0 bridgehead atoms. The molecular formula is C10H4F16. The summed E-state index contributed by atoms with van der Waals surface area (Å²) in [6, 6.07) is 0. The number of hydrogen-bond donors (Lipinski definition) is 0. The fraction of sp³-hybridized carbons (Fsp3) is 1.00. The smallest absolute Gasteiger partial charge is 0.226 e. The van der Waals surface area contributed by atoms with Gasteiger partial charge in [0.25, 0.3) is 48.4 Å². The zero-order valence-electron chi connectivity index (χ0n) is 11.4. The van der Waals surface area contributed by atoms with E-state index in [4.69, 9.17) is 0 Å². The molecule has 0 aromatic rings. The van der Waals surface area contributed by atoms with Crippen LogP contribution in [-0.2, 0) is 0 Å². The Labute approximate surface area is 132 Å². The Hall–Kier alpha value is -1.12. The summed E-state index contributed by atoms with van der Waals surface area (Å²) in [6.07, 6.45) is -24.4. The van der Waals surface area contributed by atoms with E-state index in [9.17, 15) is 70.2 Å². The Kier molecular flexibility index (Phi) is 5.01. The predicted octanol–water partition coefficient (Wildman–Crippen LogP) is 5.16. The summed E-state index contributed by atoms with van der Waals surface area (Å²) in [5.74, 6) is -15.6. The van der Waals surface area contributed by atoms with Crippen LogP contribution < -0.4 is 0 Å². The maximum absolute atomic E-state index is 13.9. The van der Waals surface area contributed by atoms with Crippen molar-refractivity contribution < 1.29 is 70.2 Å². The molecule has 1 aliphatic rings. The summed E-state index contributed by atoms with van der Waals surface area (Å²) < 4.78 is 211. The molecule has 0 aromatic carbocycles. The first-order valence-corrected chi connectivity index (χ1v) is 5.91. The highest BCUT2D eigenvalue weighted by molar-refractivity contribution is 5.37. The second-order valence-corrected chi connectivity index (χ2v) is 5.20. The maximum Gasteiger partial charge on any atom is 0.333 e. The van der Waals surface area contributed by atoms with E-state index in [0.717, 1.165) is 0 Å². The fourth-order valence-corrected chi connectivity index (χ4v) is 2.63. The van der Waals surface area contributed by atoms with E-state index in [2.05, 4.69) is 0 Å². The van der Waals surface area contributed by atoms with Gasteiger partial charge in [0.05, 0.1) is 0 Å². The lowest BCUT2D eigenvalue weighted by atomic mass is 9.56. The van der Waals surface area contributed by atoms with Crippen molar-refractivity contribution in [2.45, 2.75) is 60.2 Å². The van der Waals surface area contributed by atoms with Crippen LogP contribution in [-0.4, -0.2) is 60.2 Å². The van der Waals surface area contributed by atoms with Crippen molar-refractivity contribution in [3.63, 3.8) is 0 Å². The topological polar surface area (TPSA) is 0 Å². The van der Waals surface area contributed by atoms with Crippen LogP contribution in [0.15, 0.2) is 0 Å². The lowest BCUT2D eigenvalue weighted by Gasteiger charge is -2.59. The average molecular weight is 428 g/mol. The Bertz CT molecular complexity index is 453. The van der Waals surface area contributed by atoms with Crippen LogP contribution in [0, 0.1) is 0 Å². The van der Waals surface area contributed by atoms with Crippen LogP contribution in [0.5, 0.6) is 0 Å². The van der Waals surface area contributed by atoms with Crippen molar-refractivity contribution in [2.24, 2.45) is 0 Å². The van der Waals surface area contributed by atoms with Crippen molar-refractivity contribution in [1.29, 1.82) is 0 Å². The summed E-state index contributed by atoms with van der Waals surface area (Å²) in [6.45, 7) is 0. The van der Waals surface area contributed by atoms with E-state index >= 15 is 0 Å². The first kappa shape index (κ1) is 22.9. The van der Waals surface area contributed by atoms with Crippen molar-refractivity contribution >= 4 is 0 Å². The molecule has 1 aliphatic carbocycles. The van der Waals surface area contributed by atoms with Gasteiger partial charge in [-0.3, -0.25) is 0 Å². The van der Waals surface area contributed by atoms with E-state index in [0.29, 0.717) is 0 Å². The number of rotatable bonds is 4. The molecule has 156 valence electrons. The van der Waals surface area contributed by atoms with Gasteiger partial charge in [0.15, 0.2) is 0 Å². The van der Waals surface area contributed by atoms with Gasteiger partial charge in [0.1, 0.15) is 0 Å². The van der Waals surface area contributed by atoms with Crippen LogP contribution in [0.3, 0.4) is 0 Å². The van der Waals surface area contributed by atoms with Crippen LogP contribution >= 0.6 is 0 Å². The van der Waals surface area contributed by atoms with Gasteiger partial charge in [-0.2, -0.15) is 17.6 Å². The molecule has 0 N–H and O–H groups in total. The van der Waals surface area contributed by atoms with Crippen molar-refractivity contribution in [1.82, 2.24) is 0 Å². The van der Waals surface area contributed by atoms with Crippen molar-refractivity contribution in [3.8, 4) is 0 Å². The predicted molar refractivity (Wildman–Crippen MR) is 49.3 cm³/mol. The second kappa shape index (κ2) is 5.69. The number of alkyl halides is 16. The SMILES string of the molecule is FC(F)C1(F)C(F)(F)C(F)(C(F)F)C(F)(C(F)F)C(F)(F)C1(F)C(F)F. The molecule has 0 heterocycles. The molecule has 4 unspecified atom stereocenters. The molecule has 26 heavy (non-hydrogen) atoms. The highest BCUT2D eigenvalue weighted by atomic mass is 19.3. The normalized spacial score (nSPS) is 42.9. The molecule has 1 saturated carbocycles. The van der Waals surface area contributed by atoms with Gasteiger partial charge in [0.2, 0.25) is 0 Å². The third-order valence-electron chi connectivity index (χ3n) is 4.09. The molecule has 0 saturated heterocycles. The fourth-order valence-electron chi connectivity index (χ4n) is 2.63. The molecule has 4 atom stereocenters. The van der Waals surface area contributed by atoms with Crippen LogP contribution in [0.25, 0.3) is 0 Å². The monoisotopic (exact) mass is 428 g/mol. The summed E-state index contributed by atoms with van der Waals surface area (Å²) in [5.41, 5.74) is -30.1. The molecule has 0 spiro atoms. The summed E-state index contributed by atoms with van der Waals surface area (Å²) in [5, 5.41) is 0. The van der Waals surface area contributed by atoms with Crippen LogP contribution in [0.4, 0.5) is 70.2 Å². The Morgan fingerprint density at radius 2 is 0.423 bits per heavy atom. The standard InChI is InChI=1S/C10H4F16/c11-1(12)5(19)6(20,2(13)14)10(25,26)8(22,4(17)18)7(21,3(15)16)9(5,23)24/h1-4H. The number of hydrogen-bond acceptors (Lipinski definition) is 0. The van der Waals surface area contributed by atoms with Gasteiger partial charge in [-0.15, -0.1) is 0 Å². The summed E-state index contributed by atoms with van der Waals surface area (Å²) in [4.78, 5) is 0. The Morgan fingerprint density at radius 1 is 0.308 bits per heavy atom. The minimum Gasteiger partial charge on any atom is -0.226 e. The quantitative estimate of drug-likeness (QED) is 0.543. The largest absolute Gasteiger partial charge is 0.333 e. The molecule has 16 heteroatoms. The van der Waals surface area contributed by atoms with E-state index in [1.54, 1.807) is 0 Å². The van der Waals surface area contributed by atoms with Gasteiger partial charge in [-0.05, 0) is 0 Å². The summed E-state index contributed by atoms with van der Waals surface area (Å²) >= 11 is 0. The van der Waals surface area contributed by atoms with Gasteiger partial charge in [-0.1, -0.05) is 0 Å².